The van der Waals surface area contributed by atoms with E-state index in [2.05, 4.69) is 15.1 Å². The zero-order chi connectivity index (χ0) is 16.8. The lowest BCUT2D eigenvalue weighted by Gasteiger charge is -2.19. The van der Waals surface area contributed by atoms with Crippen LogP contribution in [0.4, 0.5) is 0 Å². The molecule has 3 aromatic rings. The van der Waals surface area contributed by atoms with E-state index in [1.807, 2.05) is 32.0 Å². The fourth-order valence-electron chi connectivity index (χ4n) is 3.01. The molecule has 0 fully saturated rings. The summed E-state index contributed by atoms with van der Waals surface area (Å²) in [5.74, 6) is -0.174. The van der Waals surface area contributed by atoms with Gasteiger partial charge in [0.1, 0.15) is 5.69 Å². The number of hydrogen-bond acceptors (Lipinski definition) is 4. The van der Waals surface area contributed by atoms with Gasteiger partial charge in [0.15, 0.2) is 5.65 Å². The van der Waals surface area contributed by atoms with Crippen molar-refractivity contribution in [2.24, 2.45) is 0 Å². The maximum Gasteiger partial charge on any atom is 0.278 e. The molecule has 1 aliphatic rings. The van der Waals surface area contributed by atoms with Crippen molar-refractivity contribution in [3.63, 3.8) is 0 Å². The third kappa shape index (κ3) is 2.20. The fourth-order valence-corrected chi connectivity index (χ4v) is 3.01. The lowest BCUT2D eigenvalue weighted by Crippen LogP contribution is -2.31. The number of aromatic nitrogens is 4. The van der Waals surface area contributed by atoms with Crippen LogP contribution in [0.3, 0.4) is 0 Å². The second kappa shape index (κ2) is 5.30. The van der Waals surface area contributed by atoms with Gasteiger partial charge in [-0.3, -0.25) is 19.7 Å². The number of aromatic amines is 1. The Hall–Kier alpha value is -2.96. The van der Waals surface area contributed by atoms with Gasteiger partial charge in [-0.25, -0.2) is 9.50 Å². The summed E-state index contributed by atoms with van der Waals surface area (Å²) < 4.78 is 1.41. The third-order valence-electron chi connectivity index (χ3n) is 4.27. The van der Waals surface area contributed by atoms with E-state index in [0.717, 1.165) is 11.4 Å². The van der Waals surface area contributed by atoms with Crippen LogP contribution in [0, 0.1) is 0 Å². The highest BCUT2D eigenvalue weighted by Crippen LogP contribution is 2.21. The van der Waals surface area contributed by atoms with Crippen LogP contribution in [0.15, 0.2) is 35.3 Å². The van der Waals surface area contributed by atoms with E-state index in [1.165, 1.54) is 4.52 Å². The Morgan fingerprint density at radius 3 is 2.83 bits per heavy atom. The molecule has 7 heteroatoms. The molecule has 0 aromatic carbocycles. The maximum absolute atomic E-state index is 12.7. The summed E-state index contributed by atoms with van der Waals surface area (Å²) in [5, 5.41) is 3.07. The SMILES string of the molecule is CC(C)N1Cc2c(nc3cc(Cc4ccccn4)[nH]n3c2=O)C1=O. The van der Waals surface area contributed by atoms with E-state index in [-0.39, 0.29) is 23.2 Å². The lowest BCUT2D eigenvalue weighted by molar-refractivity contribution is 0.0726. The first-order chi connectivity index (χ1) is 11.5. The highest BCUT2D eigenvalue weighted by molar-refractivity contribution is 5.96. The van der Waals surface area contributed by atoms with E-state index < -0.39 is 0 Å². The minimum atomic E-state index is -0.209. The molecule has 0 saturated heterocycles. The number of hydrogen-bond donors (Lipinski definition) is 1. The van der Waals surface area contributed by atoms with Crippen LogP contribution in [0.2, 0.25) is 0 Å². The van der Waals surface area contributed by atoms with Gasteiger partial charge in [-0.15, -0.1) is 0 Å². The number of nitrogens with one attached hydrogen (secondary N) is 1. The highest BCUT2D eigenvalue weighted by atomic mass is 16.2. The number of carbonyl (C=O) groups is 1. The third-order valence-corrected chi connectivity index (χ3v) is 4.27. The van der Waals surface area contributed by atoms with Crippen molar-refractivity contribution in [1.29, 1.82) is 0 Å². The summed E-state index contributed by atoms with van der Waals surface area (Å²) in [6.07, 6.45) is 2.30. The molecule has 0 saturated carbocycles. The zero-order valence-corrected chi connectivity index (χ0v) is 13.5. The quantitative estimate of drug-likeness (QED) is 0.789. The van der Waals surface area contributed by atoms with Crippen LogP contribution in [-0.4, -0.2) is 36.4 Å². The van der Waals surface area contributed by atoms with Gasteiger partial charge in [0.2, 0.25) is 0 Å². The summed E-state index contributed by atoms with van der Waals surface area (Å²) in [4.78, 5) is 35.5. The summed E-state index contributed by atoms with van der Waals surface area (Å²) >= 11 is 0. The van der Waals surface area contributed by atoms with Crippen LogP contribution in [0.1, 0.15) is 41.3 Å². The van der Waals surface area contributed by atoms with Crippen LogP contribution in [0.25, 0.3) is 5.65 Å². The van der Waals surface area contributed by atoms with Gasteiger partial charge in [-0.1, -0.05) is 6.07 Å². The predicted molar refractivity (Wildman–Crippen MR) is 87.9 cm³/mol. The van der Waals surface area contributed by atoms with Crippen LogP contribution >= 0.6 is 0 Å². The maximum atomic E-state index is 12.7. The van der Waals surface area contributed by atoms with Gasteiger partial charge in [0.25, 0.3) is 11.5 Å². The molecule has 3 aromatic heterocycles. The first kappa shape index (κ1) is 14.6. The van der Waals surface area contributed by atoms with Crippen molar-refractivity contribution in [2.75, 3.05) is 0 Å². The van der Waals surface area contributed by atoms with Crippen molar-refractivity contribution in [2.45, 2.75) is 32.9 Å². The number of H-pyrrole nitrogens is 1. The Kier molecular flexibility index (Phi) is 3.23. The molecule has 0 unspecified atom stereocenters. The molecule has 1 N–H and O–H groups in total. The first-order valence-corrected chi connectivity index (χ1v) is 7.89. The number of carbonyl (C=O) groups excluding carboxylic acids is 1. The molecule has 7 nitrogen and oxygen atoms in total. The average Bonchev–Trinajstić information content (AvgIpc) is 3.11. The monoisotopic (exact) mass is 323 g/mol. The molecule has 0 aliphatic carbocycles. The van der Waals surface area contributed by atoms with E-state index in [0.29, 0.717) is 24.2 Å². The van der Waals surface area contributed by atoms with Crippen molar-refractivity contribution >= 4 is 11.6 Å². The summed E-state index contributed by atoms with van der Waals surface area (Å²) in [6, 6.07) is 7.53. The number of fused-ring (bicyclic) bond motifs is 2. The van der Waals surface area contributed by atoms with E-state index in [1.54, 1.807) is 17.2 Å². The molecule has 4 heterocycles. The second-order valence-corrected chi connectivity index (χ2v) is 6.24. The number of pyridine rings is 1. The van der Waals surface area contributed by atoms with Crippen molar-refractivity contribution in [3.8, 4) is 0 Å². The average molecular weight is 323 g/mol. The Morgan fingerprint density at radius 2 is 2.12 bits per heavy atom. The molecule has 1 aliphatic heterocycles. The Morgan fingerprint density at radius 1 is 1.29 bits per heavy atom. The lowest BCUT2D eigenvalue weighted by atomic mass is 10.2. The number of rotatable bonds is 3. The molecule has 0 atom stereocenters. The van der Waals surface area contributed by atoms with Crippen LogP contribution in [-0.2, 0) is 13.0 Å². The molecule has 4 rings (SSSR count). The molecular weight excluding hydrogens is 306 g/mol. The van der Waals surface area contributed by atoms with Gasteiger partial charge in [-0.05, 0) is 26.0 Å². The molecule has 122 valence electrons. The minimum absolute atomic E-state index is 0.0363. The molecule has 1 amide bonds. The van der Waals surface area contributed by atoms with E-state index in [9.17, 15) is 9.59 Å². The second-order valence-electron chi connectivity index (χ2n) is 6.24. The standard InChI is InChI=1S/C17H17N5O2/c1-10(2)21-9-13-15(17(21)24)19-14-8-12(20-22(14)16(13)23)7-11-5-3-4-6-18-11/h3-6,8,10,20H,7,9H2,1-2H3. The van der Waals surface area contributed by atoms with E-state index in [4.69, 9.17) is 0 Å². The number of nitrogens with zero attached hydrogens (tertiary/aromatic N) is 4. The molecule has 0 radical (unpaired) electrons. The molecule has 0 spiro atoms. The van der Waals surface area contributed by atoms with Gasteiger partial charge in [-0.2, -0.15) is 0 Å². The summed E-state index contributed by atoms with van der Waals surface area (Å²) in [5.41, 5.74) is 2.71. The van der Waals surface area contributed by atoms with Gasteiger partial charge >= 0.3 is 0 Å². The highest BCUT2D eigenvalue weighted by Gasteiger charge is 2.33. The normalized spacial score (nSPS) is 14.0. The van der Waals surface area contributed by atoms with E-state index >= 15 is 0 Å². The smallest absolute Gasteiger partial charge is 0.278 e. The summed E-state index contributed by atoms with van der Waals surface area (Å²) in [6.45, 7) is 4.17. The summed E-state index contributed by atoms with van der Waals surface area (Å²) in [7, 11) is 0. The Balaban J connectivity index is 1.77. The van der Waals surface area contributed by atoms with Crippen molar-refractivity contribution < 1.29 is 4.79 Å². The van der Waals surface area contributed by atoms with Crippen molar-refractivity contribution in [1.82, 2.24) is 24.5 Å². The minimum Gasteiger partial charge on any atom is -0.330 e. The fraction of sp³-hybridized carbons (Fsp3) is 0.294. The van der Waals surface area contributed by atoms with Crippen LogP contribution < -0.4 is 5.56 Å². The zero-order valence-electron chi connectivity index (χ0n) is 13.5. The predicted octanol–water partition coefficient (Wildman–Crippen LogP) is 1.37. The largest absolute Gasteiger partial charge is 0.330 e. The van der Waals surface area contributed by atoms with Crippen LogP contribution in [0.5, 0.6) is 0 Å². The molecule has 24 heavy (non-hydrogen) atoms. The molecule has 0 bridgehead atoms. The van der Waals surface area contributed by atoms with Gasteiger partial charge < -0.3 is 4.90 Å². The Labute approximate surface area is 138 Å². The van der Waals surface area contributed by atoms with Gasteiger partial charge in [0.05, 0.1) is 12.1 Å². The van der Waals surface area contributed by atoms with Gasteiger partial charge in [0, 0.05) is 36.1 Å². The Bertz CT molecular complexity index is 987. The first-order valence-electron chi connectivity index (χ1n) is 7.89. The number of amides is 1. The topological polar surface area (TPSA) is 83.4 Å². The molecular formula is C17H17N5O2. The van der Waals surface area contributed by atoms with Crippen molar-refractivity contribution in [3.05, 3.63) is 63.5 Å².